The fraction of sp³-hybridized carbons (Fsp3) is 0.174. The molecule has 1 aliphatic rings. The van der Waals surface area contributed by atoms with E-state index in [0.717, 1.165) is 22.4 Å². The van der Waals surface area contributed by atoms with Gasteiger partial charge in [0.2, 0.25) is 5.88 Å². The average molecular weight is 453 g/mol. The van der Waals surface area contributed by atoms with E-state index in [0.29, 0.717) is 34.2 Å². The van der Waals surface area contributed by atoms with E-state index in [9.17, 15) is 9.90 Å². The van der Waals surface area contributed by atoms with E-state index in [-0.39, 0.29) is 12.3 Å². The summed E-state index contributed by atoms with van der Waals surface area (Å²) >= 11 is 6.65. The molecule has 8 heteroatoms. The number of ether oxygens (including phenoxy) is 1. The van der Waals surface area contributed by atoms with Crippen LogP contribution in [0.3, 0.4) is 0 Å². The predicted octanol–water partition coefficient (Wildman–Crippen LogP) is 5.68. The molecule has 1 aliphatic heterocycles. The lowest BCUT2D eigenvalue weighted by atomic mass is 10.1. The SMILES string of the molecule is O=C(O)CCCn1c(O)c(C=C2C=Nc3cccc(OCc4ccccc4)c32)sc1=S. The van der Waals surface area contributed by atoms with Crippen LogP contribution in [0.5, 0.6) is 11.6 Å². The minimum Gasteiger partial charge on any atom is -0.493 e. The Morgan fingerprint density at radius 1 is 1.19 bits per heavy atom. The molecule has 0 spiro atoms. The molecule has 0 saturated heterocycles. The van der Waals surface area contributed by atoms with Crippen LogP contribution in [-0.4, -0.2) is 27.0 Å². The number of fused-ring (bicyclic) bond motifs is 1. The van der Waals surface area contributed by atoms with Crippen molar-refractivity contribution in [1.82, 2.24) is 4.57 Å². The highest BCUT2D eigenvalue weighted by Crippen LogP contribution is 2.41. The predicted molar refractivity (Wildman–Crippen MR) is 125 cm³/mol. The molecule has 0 radical (unpaired) electrons. The van der Waals surface area contributed by atoms with Gasteiger partial charge in [-0.3, -0.25) is 14.4 Å². The van der Waals surface area contributed by atoms with Crippen LogP contribution in [0, 0.1) is 3.95 Å². The van der Waals surface area contributed by atoms with E-state index in [2.05, 4.69) is 4.99 Å². The number of aromatic hydroxyl groups is 1. The lowest BCUT2D eigenvalue weighted by Gasteiger charge is -2.11. The van der Waals surface area contributed by atoms with Gasteiger partial charge in [-0.2, -0.15) is 0 Å². The summed E-state index contributed by atoms with van der Waals surface area (Å²) in [5.74, 6) is -0.114. The molecule has 0 fully saturated rings. The Labute approximate surface area is 188 Å². The van der Waals surface area contributed by atoms with Crippen LogP contribution in [0.15, 0.2) is 53.5 Å². The summed E-state index contributed by atoms with van der Waals surface area (Å²) in [6.07, 6.45) is 4.01. The Morgan fingerprint density at radius 3 is 2.77 bits per heavy atom. The molecule has 0 unspecified atom stereocenters. The van der Waals surface area contributed by atoms with E-state index >= 15 is 0 Å². The van der Waals surface area contributed by atoms with Crippen molar-refractivity contribution in [3.8, 4) is 11.6 Å². The standard InChI is InChI=1S/C23H20N2O4S2/c26-20(27)10-5-11-25-22(28)19(31-23(25)30)12-16-13-24-17-8-4-9-18(21(16)17)29-14-15-6-2-1-3-7-15/h1-4,6-9,12-13,28H,5,10-11,14H2,(H,26,27). The topological polar surface area (TPSA) is 84.0 Å². The molecule has 6 nitrogen and oxygen atoms in total. The van der Waals surface area contributed by atoms with Crippen molar-refractivity contribution in [2.45, 2.75) is 26.0 Å². The lowest BCUT2D eigenvalue weighted by Crippen LogP contribution is -2.01. The molecule has 0 bridgehead atoms. The van der Waals surface area contributed by atoms with E-state index in [4.69, 9.17) is 22.1 Å². The number of hydrogen-bond acceptors (Lipinski definition) is 6. The molecule has 2 heterocycles. The number of thiazole rings is 1. The van der Waals surface area contributed by atoms with E-state index < -0.39 is 5.97 Å². The second-order valence-corrected chi connectivity index (χ2v) is 8.66. The molecule has 2 aromatic carbocycles. The second-order valence-electron chi connectivity index (χ2n) is 6.99. The Kier molecular flexibility index (Phi) is 6.29. The van der Waals surface area contributed by atoms with Gasteiger partial charge < -0.3 is 14.9 Å². The van der Waals surface area contributed by atoms with Crippen LogP contribution in [0.1, 0.15) is 28.8 Å². The molecule has 158 valence electrons. The zero-order chi connectivity index (χ0) is 21.8. The number of nitrogens with zero attached hydrogens (tertiary/aromatic N) is 2. The van der Waals surface area contributed by atoms with Crippen LogP contribution >= 0.6 is 23.6 Å². The number of carboxylic acids is 1. The Bertz CT molecular complexity index is 1230. The van der Waals surface area contributed by atoms with Crippen molar-refractivity contribution in [1.29, 1.82) is 0 Å². The van der Waals surface area contributed by atoms with Gasteiger partial charge in [0.15, 0.2) is 3.95 Å². The fourth-order valence-electron chi connectivity index (χ4n) is 3.32. The fourth-order valence-corrected chi connectivity index (χ4v) is 4.63. The first-order valence-corrected chi connectivity index (χ1v) is 11.0. The third-order valence-electron chi connectivity index (χ3n) is 4.83. The Hall–Kier alpha value is -3.23. The van der Waals surface area contributed by atoms with Gasteiger partial charge in [-0.15, -0.1) is 11.3 Å². The van der Waals surface area contributed by atoms with Gasteiger partial charge in [0, 0.05) is 24.8 Å². The maximum absolute atomic E-state index is 10.8. The van der Waals surface area contributed by atoms with Gasteiger partial charge in [-0.25, -0.2) is 0 Å². The number of rotatable bonds is 8. The van der Waals surface area contributed by atoms with Crippen LogP contribution < -0.4 is 4.74 Å². The number of carbonyl (C=O) groups is 1. The highest BCUT2D eigenvalue weighted by molar-refractivity contribution is 7.73. The van der Waals surface area contributed by atoms with Gasteiger partial charge in [0.1, 0.15) is 12.4 Å². The smallest absolute Gasteiger partial charge is 0.303 e. The van der Waals surface area contributed by atoms with Crippen LogP contribution in [0.25, 0.3) is 11.6 Å². The molecule has 0 amide bonds. The highest BCUT2D eigenvalue weighted by atomic mass is 32.1. The maximum Gasteiger partial charge on any atom is 0.303 e. The van der Waals surface area contributed by atoms with E-state index in [1.807, 2.05) is 54.6 Å². The molecule has 31 heavy (non-hydrogen) atoms. The molecular weight excluding hydrogens is 432 g/mol. The van der Waals surface area contributed by atoms with Gasteiger partial charge >= 0.3 is 5.97 Å². The number of allylic oxidation sites excluding steroid dienone is 1. The summed E-state index contributed by atoms with van der Waals surface area (Å²) in [6, 6.07) is 15.7. The molecule has 1 aromatic heterocycles. The second kappa shape index (κ2) is 9.28. The van der Waals surface area contributed by atoms with Crippen molar-refractivity contribution < 1.29 is 19.7 Å². The summed E-state index contributed by atoms with van der Waals surface area (Å²) in [6.45, 7) is 0.793. The number of aliphatic imine (C=N–C) groups is 1. The summed E-state index contributed by atoms with van der Waals surface area (Å²) in [5, 5.41) is 19.5. The first-order chi connectivity index (χ1) is 15.0. The van der Waals surface area contributed by atoms with Crippen molar-refractivity contribution >= 4 is 53.1 Å². The highest BCUT2D eigenvalue weighted by Gasteiger charge is 2.20. The van der Waals surface area contributed by atoms with Gasteiger partial charge in [-0.05, 0) is 42.4 Å². The third kappa shape index (κ3) is 4.76. The minimum absolute atomic E-state index is 0.0234. The molecule has 0 atom stereocenters. The number of aliphatic carboxylic acids is 1. The van der Waals surface area contributed by atoms with Crippen molar-refractivity contribution in [3.63, 3.8) is 0 Å². The molecular formula is C23H20N2O4S2. The van der Waals surface area contributed by atoms with Crippen molar-refractivity contribution in [2.75, 3.05) is 0 Å². The summed E-state index contributed by atoms with van der Waals surface area (Å²) in [5.41, 5.74) is 3.57. The molecule has 2 N–H and O–H groups in total. The zero-order valence-electron chi connectivity index (χ0n) is 16.5. The molecule has 3 aromatic rings. The van der Waals surface area contributed by atoms with Gasteiger partial charge in [0.25, 0.3) is 0 Å². The quantitative estimate of drug-likeness (QED) is 0.429. The lowest BCUT2D eigenvalue weighted by molar-refractivity contribution is -0.137. The van der Waals surface area contributed by atoms with Gasteiger partial charge in [-0.1, -0.05) is 36.4 Å². The maximum atomic E-state index is 10.8. The number of aromatic nitrogens is 1. The first-order valence-electron chi connectivity index (χ1n) is 9.73. The van der Waals surface area contributed by atoms with E-state index in [1.54, 1.807) is 10.8 Å². The average Bonchev–Trinajstić information content (AvgIpc) is 3.29. The zero-order valence-corrected chi connectivity index (χ0v) is 18.2. The largest absolute Gasteiger partial charge is 0.493 e. The number of hydrogen-bond donors (Lipinski definition) is 2. The monoisotopic (exact) mass is 452 g/mol. The van der Waals surface area contributed by atoms with Crippen molar-refractivity contribution in [2.24, 2.45) is 4.99 Å². The Balaban J connectivity index is 1.60. The van der Waals surface area contributed by atoms with E-state index in [1.165, 1.54) is 11.3 Å². The minimum atomic E-state index is -0.870. The summed E-state index contributed by atoms with van der Waals surface area (Å²) < 4.78 is 8.14. The Morgan fingerprint density at radius 2 is 2.00 bits per heavy atom. The molecule has 0 aliphatic carbocycles. The van der Waals surface area contributed by atoms with Gasteiger partial charge in [0.05, 0.1) is 16.1 Å². The molecule has 0 saturated carbocycles. The van der Waals surface area contributed by atoms with Crippen LogP contribution in [0.4, 0.5) is 5.69 Å². The molecule has 4 rings (SSSR count). The summed E-state index contributed by atoms with van der Waals surface area (Å²) in [4.78, 5) is 15.8. The van der Waals surface area contributed by atoms with Crippen molar-refractivity contribution in [3.05, 3.63) is 68.5 Å². The third-order valence-corrected chi connectivity index (χ3v) is 6.21. The van der Waals surface area contributed by atoms with Crippen LogP contribution in [-0.2, 0) is 17.9 Å². The first kappa shape index (κ1) is 21.0. The normalized spacial score (nSPS) is 13.5. The number of benzene rings is 2. The summed E-state index contributed by atoms with van der Waals surface area (Å²) in [7, 11) is 0. The number of carboxylic acid groups (broad SMARTS) is 1. The van der Waals surface area contributed by atoms with Crippen LogP contribution in [0.2, 0.25) is 0 Å².